The number of hydrogen-bond acceptors (Lipinski definition) is 3. The third-order valence-electron chi connectivity index (χ3n) is 2.98. The summed E-state index contributed by atoms with van der Waals surface area (Å²) in [7, 11) is 0. The van der Waals surface area contributed by atoms with Gasteiger partial charge in [0.05, 0.1) is 11.9 Å². The highest BCUT2D eigenvalue weighted by atomic mass is 79.9. The third kappa shape index (κ3) is 4.70. The van der Waals surface area contributed by atoms with Crippen molar-refractivity contribution in [2.45, 2.75) is 6.61 Å². The van der Waals surface area contributed by atoms with Crippen LogP contribution in [0.25, 0.3) is 0 Å². The molecule has 0 aliphatic carbocycles. The van der Waals surface area contributed by atoms with Crippen LogP contribution in [-0.2, 0) is 16.1 Å². The number of nitrogens with zero attached hydrogens (tertiary/aromatic N) is 1. The molecule has 0 radical (unpaired) electrons. The summed E-state index contributed by atoms with van der Waals surface area (Å²) < 4.78 is 5.31. The van der Waals surface area contributed by atoms with Crippen molar-refractivity contribution in [2.24, 2.45) is 0 Å². The Kier molecular flexibility index (Phi) is 6.15. The van der Waals surface area contributed by atoms with Crippen LogP contribution in [0.4, 0.5) is 10.5 Å². The Balaban J connectivity index is 2.07. The first-order chi connectivity index (χ1) is 10.7. The van der Waals surface area contributed by atoms with Crippen LogP contribution in [0.5, 0.6) is 0 Å². The van der Waals surface area contributed by atoms with Crippen molar-refractivity contribution in [3.05, 3.63) is 66.2 Å². The largest absolute Gasteiger partial charge is 0.444 e. The van der Waals surface area contributed by atoms with Crippen LogP contribution in [0, 0.1) is 0 Å². The molecule has 22 heavy (non-hydrogen) atoms. The van der Waals surface area contributed by atoms with Crippen molar-refractivity contribution in [3.63, 3.8) is 0 Å². The first-order valence-electron chi connectivity index (χ1n) is 6.81. The normalized spacial score (nSPS) is 10.0. The number of halogens is 1. The van der Waals surface area contributed by atoms with Crippen LogP contribution >= 0.6 is 15.9 Å². The molecule has 0 fully saturated rings. The lowest BCUT2D eigenvalue weighted by molar-refractivity contribution is -0.115. The van der Waals surface area contributed by atoms with Gasteiger partial charge in [-0.3, -0.25) is 9.69 Å². The molecule has 0 heterocycles. The van der Waals surface area contributed by atoms with E-state index in [0.29, 0.717) is 5.69 Å². The molecule has 0 spiro atoms. The fourth-order valence-electron chi connectivity index (χ4n) is 1.89. The molecule has 0 bridgehead atoms. The number of ketones is 1. The van der Waals surface area contributed by atoms with E-state index in [4.69, 9.17) is 4.74 Å². The first-order valence-corrected chi connectivity index (χ1v) is 7.94. The fraction of sp³-hybridized carbons (Fsp3) is 0.176. The number of anilines is 1. The molecule has 0 aromatic heterocycles. The van der Waals surface area contributed by atoms with E-state index in [1.54, 1.807) is 12.1 Å². The first kappa shape index (κ1) is 16.2. The summed E-state index contributed by atoms with van der Waals surface area (Å²) in [6.07, 6.45) is -0.538. The number of carbonyl (C=O) groups excluding carboxylic acids is 2. The molecule has 1 amide bonds. The van der Waals surface area contributed by atoms with Gasteiger partial charge in [0.25, 0.3) is 0 Å². The topological polar surface area (TPSA) is 46.6 Å². The van der Waals surface area contributed by atoms with Gasteiger partial charge in [-0.25, -0.2) is 4.79 Å². The summed E-state index contributed by atoms with van der Waals surface area (Å²) in [5, 5.41) is 0.197. The molecule has 2 aromatic rings. The second-order valence-electron chi connectivity index (χ2n) is 4.63. The molecular weight excluding hydrogens is 346 g/mol. The minimum Gasteiger partial charge on any atom is -0.444 e. The van der Waals surface area contributed by atoms with Gasteiger partial charge in [-0.15, -0.1) is 0 Å². The Morgan fingerprint density at radius 1 is 0.955 bits per heavy atom. The van der Waals surface area contributed by atoms with Gasteiger partial charge in [0.15, 0.2) is 5.78 Å². The average molecular weight is 362 g/mol. The fourth-order valence-corrected chi connectivity index (χ4v) is 2.06. The van der Waals surface area contributed by atoms with Gasteiger partial charge < -0.3 is 4.74 Å². The average Bonchev–Trinajstić information content (AvgIpc) is 2.59. The van der Waals surface area contributed by atoms with Gasteiger partial charge in [-0.05, 0) is 17.7 Å². The number of benzene rings is 2. The number of alkyl halides is 1. The molecule has 0 aliphatic rings. The summed E-state index contributed by atoms with van der Waals surface area (Å²) in [6.45, 7) is 0.147. The molecule has 4 nitrogen and oxygen atoms in total. The van der Waals surface area contributed by atoms with E-state index in [9.17, 15) is 9.59 Å². The lowest BCUT2D eigenvalue weighted by atomic mass is 10.2. The predicted molar refractivity (Wildman–Crippen MR) is 89.2 cm³/mol. The van der Waals surface area contributed by atoms with Crippen LogP contribution in [0.3, 0.4) is 0 Å². The van der Waals surface area contributed by atoms with Crippen molar-refractivity contribution >= 4 is 33.5 Å². The Morgan fingerprint density at radius 3 is 2.14 bits per heavy atom. The van der Waals surface area contributed by atoms with Crippen LogP contribution in [-0.4, -0.2) is 23.8 Å². The standard InChI is InChI=1S/C17H16BrNO3/c18-11-16(20)12-19(15-9-5-2-6-10-15)17(21)22-13-14-7-3-1-4-8-14/h1-10H,11-13H2. The van der Waals surface area contributed by atoms with E-state index in [0.717, 1.165) is 5.56 Å². The quantitative estimate of drug-likeness (QED) is 0.735. The minimum absolute atomic E-state index is 0.0249. The molecule has 0 N–H and O–H groups in total. The van der Waals surface area contributed by atoms with Crippen molar-refractivity contribution in [2.75, 3.05) is 16.8 Å². The summed E-state index contributed by atoms with van der Waals surface area (Å²) in [5.74, 6) is -0.0967. The number of para-hydroxylation sites is 1. The Labute approximate surface area is 137 Å². The van der Waals surface area contributed by atoms with Gasteiger partial charge >= 0.3 is 6.09 Å². The summed E-state index contributed by atoms with van der Waals surface area (Å²) >= 11 is 3.11. The molecular formula is C17H16BrNO3. The maximum atomic E-state index is 12.3. The summed E-state index contributed by atoms with van der Waals surface area (Å²) in [5.41, 5.74) is 1.53. The predicted octanol–water partition coefficient (Wildman–Crippen LogP) is 3.79. The highest BCUT2D eigenvalue weighted by molar-refractivity contribution is 9.09. The molecule has 0 aliphatic heterocycles. The van der Waals surface area contributed by atoms with Crippen molar-refractivity contribution in [1.82, 2.24) is 0 Å². The second-order valence-corrected chi connectivity index (χ2v) is 5.19. The summed E-state index contributed by atoms with van der Waals surface area (Å²) in [4.78, 5) is 25.3. The van der Waals surface area contributed by atoms with Crippen LogP contribution in [0.15, 0.2) is 60.7 Å². The monoisotopic (exact) mass is 361 g/mol. The Bertz CT molecular complexity index is 616. The van der Waals surface area contributed by atoms with E-state index in [-0.39, 0.29) is 24.3 Å². The van der Waals surface area contributed by atoms with E-state index in [1.165, 1.54) is 4.90 Å². The number of carbonyl (C=O) groups is 2. The Hall–Kier alpha value is -2.14. The molecule has 0 atom stereocenters. The molecule has 2 rings (SSSR count). The maximum absolute atomic E-state index is 12.3. The van der Waals surface area contributed by atoms with Gasteiger partial charge in [0, 0.05) is 5.69 Å². The molecule has 0 saturated carbocycles. The van der Waals surface area contributed by atoms with Crippen LogP contribution < -0.4 is 4.90 Å². The number of amides is 1. The molecule has 0 saturated heterocycles. The molecule has 2 aromatic carbocycles. The number of hydrogen-bond donors (Lipinski definition) is 0. The highest BCUT2D eigenvalue weighted by Crippen LogP contribution is 2.15. The lowest BCUT2D eigenvalue weighted by Crippen LogP contribution is -2.36. The van der Waals surface area contributed by atoms with E-state index in [2.05, 4.69) is 15.9 Å². The zero-order valence-corrected chi connectivity index (χ0v) is 13.5. The maximum Gasteiger partial charge on any atom is 0.415 e. The molecule has 114 valence electrons. The van der Waals surface area contributed by atoms with Gasteiger partial charge in [-0.1, -0.05) is 64.5 Å². The number of ether oxygens (including phenoxy) is 1. The van der Waals surface area contributed by atoms with Crippen molar-refractivity contribution in [3.8, 4) is 0 Å². The third-order valence-corrected chi connectivity index (χ3v) is 3.60. The van der Waals surface area contributed by atoms with Gasteiger partial charge in [0.1, 0.15) is 6.61 Å². The lowest BCUT2D eigenvalue weighted by Gasteiger charge is -2.21. The molecule has 0 unspecified atom stereocenters. The smallest absolute Gasteiger partial charge is 0.415 e. The second kappa shape index (κ2) is 8.34. The zero-order valence-electron chi connectivity index (χ0n) is 11.9. The number of Topliss-reactive ketones (excluding diaryl/α,β-unsaturated/α-hetero) is 1. The summed E-state index contributed by atoms with van der Waals surface area (Å²) in [6, 6.07) is 18.4. The highest BCUT2D eigenvalue weighted by Gasteiger charge is 2.20. The minimum atomic E-state index is -0.538. The van der Waals surface area contributed by atoms with Crippen molar-refractivity contribution in [1.29, 1.82) is 0 Å². The van der Waals surface area contributed by atoms with E-state index >= 15 is 0 Å². The van der Waals surface area contributed by atoms with E-state index < -0.39 is 6.09 Å². The Morgan fingerprint density at radius 2 is 1.55 bits per heavy atom. The van der Waals surface area contributed by atoms with Crippen LogP contribution in [0.1, 0.15) is 5.56 Å². The SMILES string of the molecule is O=C(CBr)CN(C(=O)OCc1ccccc1)c1ccccc1. The molecule has 5 heteroatoms. The van der Waals surface area contributed by atoms with Gasteiger partial charge in [-0.2, -0.15) is 0 Å². The van der Waals surface area contributed by atoms with Crippen LogP contribution in [0.2, 0.25) is 0 Å². The van der Waals surface area contributed by atoms with Crippen molar-refractivity contribution < 1.29 is 14.3 Å². The van der Waals surface area contributed by atoms with Gasteiger partial charge in [0.2, 0.25) is 0 Å². The zero-order chi connectivity index (χ0) is 15.8. The van der Waals surface area contributed by atoms with E-state index in [1.807, 2.05) is 48.5 Å². The number of rotatable bonds is 6.